The van der Waals surface area contributed by atoms with Crippen molar-refractivity contribution < 1.29 is 14.7 Å². The van der Waals surface area contributed by atoms with Crippen molar-refractivity contribution in [2.75, 3.05) is 11.4 Å². The highest BCUT2D eigenvalue weighted by atomic mass is 16.4. The van der Waals surface area contributed by atoms with Crippen LogP contribution in [0.1, 0.15) is 32.3 Å². The van der Waals surface area contributed by atoms with E-state index in [0.29, 0.717) is 19.4 Å². The van der Waals surface area contributed by atoms with Gasteiger partial charge in [-0.1, -0.05) is 19.1 Å². The van der Waals surface area contributed by atoms with E-state index < -0.39 is 17.8 Å². The maximum Gasteiger partial charge on any atom is 0.307 e. The summed E-state index contributed by atoms with van der Waals surface area (Å²) >= 11 is 0. The Balaban J connectivity index is 2.26. The zero-order valence-corrected chi connectivity index (χ0v) is 12.9. The number of carboxylic acid groups (broad SMARTS) is 1. The van der Waals surface area contributed by atoms with Crippen molar-refractivity contribution in [3.8, 4) is 0 Å². The Kier molecular flexibility index (Phi) is 4.66. The quantitative estimate of drug-likeness (QED) is 0.926. The van der Waals surface area contributed by atoms with Crippen LogP contribution in [-0.4, -0.2) is 23.5 Å². The number of carboxylic acids is 1. The lowest BCUT2D eigenvalue weighted by molar-refractivity contribution is -0.145. The Hall–Kier alpha value is -1.84. The summed E-state index contributed by atoms with van der Waals surface area (Å²) in [7, 11) is 0. The normalized spacial score (nSPS) is 24.8. The van der Waals surface area contributed by atoms with Gasteiger partial charge in [-0.05, 0) is 50.3 Å². The Labute approximate surface area is 125 Å². The summed E-state index contributed by atoms with van der Waals surface area (Å²) in [5.74, 6) is -1.57. The number of rotatable bonds is 4. The minimum atomic E-state index is -0.849. The summed E-state index contributed by atoms with van der Waals surface area (Å²) in [6.07, 6.45) is 1.26. The average Bonchev–Trinajstić information content (AvgIpc) is 2.82. The first kappa shape index (κ1) is 15.5. The standard InChI is InChI=1S/C17H23NO3/c1-4-18(13-7-5-6-11(2)8-13)16(19)14-9-12(3)10-15(14)17(20)21/h5-8,12,14-15H,4,9-10H2,1-3H3,(H,20,21). The number of hydrogen-bond donors (Lipinski definition) is 1. The first-order valence-electron chi connectivity index (χ1n) is 7.54. The third kappa shape index (κ3) is 3.26. The summed E-state index contributed by atoms with van der Waals surface area (Å²) in [6, 6.07) is 7.78. The number of aryl methyl sites for hydroxylation is 1. The van der Waals surface area contributed by atoms with Gasteiger partial charge in [0.25, 0.3) is 0 Å². The largest absolute Gasteiger partial charge is 0.481 e. The van der Waals surface area contributed by atoms with E-state index in [1.807, 2.05) is 45.0 Å². The fourth-order valence-electron chi connectivity index (χ4n) is 3.30. The Morgan fingerprint density at radius 1 is 1.29 bits per heavy atom. The van der Waals surface area contributed by atoms with Gasteiger partial charge in [-0.3, -0.25) is 9.59 Å². The fourth-order valence-corrected chi connectivity index (χ4v) is 3.30. The van der Waals surface area contributed by atoms with Crippen molar-refractivity contribution >= 4 is 17.6 Å². The van der Waals surface area contributed by atoms with Gasteiger partial charge < -0.3 is 10.0 Å². The molecule has 0 bridgehead atoms. The molecule has 1 aliphatic rings. The second-order valence-corrected chi connectivity index (χ2v) is 6.05. The molecule has 1 amide bonds. The molecule has 1 saturated carbocycles. The molecule has 3 atom stereocenters. The zero-order chi connectivity index (χ0) is 15.6. The molecule has 3 unspecified atom stereocenters. The molecule has 0 heterocycles. The molecule has 4 heteroatoms. The second kappa shape index (κ2) is 6.29. The smallest absolute Gasteiger partial charge is 0.307 e. The van der Waals surface area contributed by atoms with E-state index in [0.717, 1.165) is 11.3 Å². The van der Waals surface area contributed by atoms with E-state index in [9.17, 15) is 14.7 Å². The van der Waals surface area contributed by atoms with E-state index in [1.54, 1.807) is 4.90 Å². The van der Waals surface area contributed by atoms with Crippen LogP contribution in [0.15, 0.2) is 24.3 Å². The van der Waals surface area contributed by atoms with Crippen LogP contribution in [0.25, 0.3) is 0 Å². The van der Waals surface area contributed by atoms with Crippen LogP contribution in [0.2, 0.25) is 0 Å². The van der Waals surface area contributed by atoms with E-state index in [-0.39, 0.29) is 11.8 Å². The summed E-state index contributed by atoms with van der Waals surface area (Å²) < 4.78 is 0. The Morgan fingerprint density at radius 3 is 2.52 bits per heavy atom. The number of carbonyl (C=O) groups is 2. The van der Waals surface area contributed by atoms with E-state index in [1.165, 1.54) is 0 Å². The molecule has 21 heavy (non-hydrogen) atoms. The second-order valence-electron chi connectivity index (χ2n) is 6.05. The summed E-state index contributed by atoms with van der Waals surface area (Å²) in [5.41, 5.74) is 1.94. The molecular weight excluding hydrogens is 266 g/mol. The lowest BCUT2D eigenvalue weighted by Gasteiger charge is -2.26. The maximum absolute atomic E-state index is 12.8. The van der Waals surface area contributed by atoms with Crippen LogP contribution in [0.4, 0.5) is 5.69 Å². The van der Waals surface area contributed by atoms with E-state index >= 15 is 0 Å². The summed E-state index contributed by atoms with van der Waals surface area (Å²) in [6.45, 7) is 6.49. The molecule has 0 radical (unpaired) electrons. The molecule has 1 N–H and O–H groups in total. The van der Waals surface area contributed by atoms with Gasteiger partial charge in [0, 0.05) is 12.2 Å². The van der Waals surface area contributed by atoms with Crippen molar-refractivity contribution in [3.63, 3.8) is 0 Å². The molecule has 0 aromatic heterocycles. The Bertz CT molecular complexity index is 541. The molecular formula is C17H23NO3. The number of amides is 1. The van der Waals surface area contributed by atoms with Gasteiger partial charge in [0.2, 0.25) is 5.91 Å². The van der Waals surface area contributed by atoms with Gasteiger partial charge in [-0.15, -0.1) is 0 Å². The van der Waals surface area contributed by atoms with Crippen molar-refractivity contribution in [1.29, 1.82) is 0 Å². The van der Waals surface area contributed by atoms with Gasteiger partial charge in [-0.25, -0.2) is 0 Å². The van der Waals surface area contributed by atoms with Crippen molar-refractivity contribution in [2.24, 2.45) is 17.8 Å². The topological polar surface area (TPSA) is 57.6 Å². The molecule has 2 rings (SSSR count). The highest BCUT2D eigenvalue weighted by Crippen LogP contribution is 2.38. The first-order valence-corrected chi connectivity index (χ1v) is 7.54. The SMILES string of the molecule is CCN(C(=O)C1CC(C)CC1C(=O)O)c1cccc(C)c1. The van der Waals surface area contributed by atoms with Gasteiger partial charge in [0.05, 0.1) is 11.8 Å². The number of carbonyl (C=O) groups excluding carboxylic acids is 1. The maximum atomic E-state index is 12.8. The third-order valence-electron chi connectivity index (χ3n) is 4.33. The molecule has 0 saturated heterocycles. The van der Waals surface area contributed by atoms with Crippen LogP contribution in [0.5, 0.6) is 0 Å². The van der Waals surface area contributed by atoms with Crippen molar-refractivity contribution in [1.82, 2.24) is 0 Å². The van der Waals surface area contributed by atoms with Crippen LogP contribution >= 0.6 is 0 Å². The number of aliphatic carboxylic acids is 1. The molecule has 4 nitrogen and oxygen atoms in total. The van der Waals surface area contributed by atoms with Gasteiger partial charge in [-0.2, -0.15) is 0 Å². The molecule has 0 spiro atoms. The molecule has 0 aliphatic heterocycles. The lowest BCUT2D eigenvalue weighted by atomic mass is 9.94. The highest BCUT2D eigenvalue weighted by molar-refractivity contribution is 5.97. The summed E-state index contributed by atoms with van der Waals surface area (Å²) in [4.78, 5) is 25.9. The number of nitrogens with zero attached hydrogens (tertiary/aromatic N) is 1. The molecule has 1 aromatic rings. The van der Waals surface area contributed by atoms with Gasteiger partial charge in [0.15, 0.2) is 0 Å². The number of hydrogen-bond acceptors (Lipinski definition) is 2. The third-order valence-corrected chi connectivity index (χ3v) is 4.33. The van der Waals surface area contributed by atoms with E-state index in [4.69, 9.17) is 0 Å². The highest BCUT2D eigenvalue weighted by Gasteiger charge is 2.42. The van der Waals surface area contributed by atoms with Crippen LogP contribution in [0.3, 0.4) is 0 Å². The van der Waals surface area contributed by atoms with Crippen molar-refractivity contribution in [2.45, 2.75) is 33.6 Å². The summed E-state index contributed by atoms with van der Waals surface area (Å²) in [5, 5.41) is 9.35. The van der Waals surface area contributed by atoms with Crippen LogP contribution < -0.4 is 4.90 Å². The van der Waals surface area contributed by atoms with Crippen molar-refractivity contribution in [3.05, 3.63) is 29.8 Å². The minimum absolute atomic E-state index is 0.0557. The van der Waals surface area contributed by atoms with Gasteiger partial charge in [0.1, 0.15) is 0 Å². The zero-order valence-electron chi connectivity index (χ0n) is 12.9. The molecule has 1 aromatic carbocycles. The van der Waals surface area contributed by atoms with Crippen LogP contribution in [-0.2, 0) is 9.59 Å². The molecule has 1 fully saturated rings. The van der Waals surface area contributed by atoms with Gasteiger partial charge >= 0.3 is 5.97 Å². The first-order chi connectivity index (χ1) is 9.93. The molecule has 114 valence electrons. The predicted molar refractivity (Wildman–Crippen MR) is 82.2 cm³/mol. The minimum Gasteiger partial charge on any atom is -0.481 e. The fraction of sp³-hybridized carbons (Fsp3) is 0.529. The monoisotopic (exact) mass is 289 g/mol. The number of anilines is 1. The lowest BCUT2D eigenvalue weighted by Crippen LogP contribution is -2.39. The molecule has 1 aliphatic carbocycles. The predicted octanol–water partition coefficient (Wildman–Crippen LogP) is 3.09. The number of benzene rings is 1. The average molecular weight is 289 g/mol. The van der Waals surface area contributed by atoms with E-state index in [2.05, 4.69) is 0 Å². The van der Waals surface area contributed by atoms with Crippen LogP contribution in [0, 0.1) is 24.7 Å². The Morgan fingerprint density at radius 2 is 1.95 bits per heavy atom.